The minimum atomic E-state index is 0. The number of amides is 1. The molecule has 122 valence electrons. The number of hydrogen-bond acceptors (Lipinski definition) is 2. The second kappa shape index (κ2) is 8.14. The SMILES string of the molecule is CC(C(=O)NCc1ccc(-c2ccccc2)cc1)C1CNC1.Cl. The van der Waals surface area contributed by atoms with Gasteiger partial charge in [0.2, 0.25) is 5.91 Å². The van der Waals surface area contributed by atoms with Crippen LogP contribution in [-0.2, 0) is 11.3 Å². The maximum atomic E-state index is 12.1. The predicted molar refractivity (Wildman–Crippen MR) is 96.5 cm³/mol. The van der Waals surface area contributed by atoms with Crippen LogP contribution < -0.4 is 10.6 Å². The highest BCUT2D eigenvalue weighted by molar-refractivity contribution is 5.85. The maximum Gasteiger partial charge on any atom is 0.223 e. The lowest BCUT2D eigenvalue weighted by Crippen LogP contribution is -2.49. The fraction of sp³-hybridized carbons (Fsp3) is 0.316. The van der Waals surface area contributed by atoms with Crippen molar-refractivity contribution in [3.8, 4) is 11.1 Å². The molecule has 0 spiro atoms. The van der Waals surface area contributed by atoms with Crippen LogP contribution in [0.1, 0.15) is 12.5 Å². The largest absolute Gasteiger partial charge is 0.352 e. The van der Waals surface area contributed by atoms with Gasteiger partial charge in [0, 0.05) is 12.5 Å². The normalized spacial score (nSPS) is 15.2. The molecule has 0 aliphatic carbocycles. The number of hydrogen-bond donors (Lipinski definition) is 2. The van der Waals surface area contributed by atoms with Gasteiger partial charge in [0.1, 0.15) is 0 Å². The van der Waals surface area contributed by atoms with Gasteiger partial charge in [-0.3, -0.25) is 4.79 Å². The van der Waals surface area contributed by atoms with Crippen LogP contribution in [0.25, 0.3) is 11.1 Å². The molecule has 0 aromatic heterocycles. The summed E-state index contributed by atoms with van der Waals surface area (Å²) in [5.74, 6) is 0.726. The van der Waals surface area contributed by atoms with Crippen LogP contribution in [0.4, 0.5) is 0 Å². The highest BCUT2D eigenvalue weighted by atomic mass is 35.5. The van der Waals surface area contributed by atoms with Gasteiger partial charge in [0.05, 0.1) is 0 Å². The molecule has 4 heteroatoms. The maximum absolute atomic E-state index is 12.1. The first-order chi connectivity index (χ1) is 10.7. The molecule has 0 saturated carbocycles. The fourth-order valence-corrected chi connectivity index (χ4v) is 2.67. The van der Waals surface area contributed by atoms with Gasteiger partial charge in [0.25, 0.3) is 0 Å². The molecule has 1 aliphatic rings. The van der Waals surface area contributed by atoms with Crippen molar-refractivity contribution >= 4 is 18.3 Å². The number of carbonyl (C=O) groups is 1. The molecule has 1 atom stereocenters. The first-order valence-electron chi connectivity index (χ1n) is 7.87. The lowest BCUT2D eigenvalue weighted by Gasteiger charge is -2.31. The molecule has 23 heavy (non-hydrogen) atoms. The summed E-state index contributed by atoms with van der Waals surface area (Å²) in [6, 6.07) is 18.7. The van der Waals surface area contributed by atoms with Crippen molar-refractivity contribution in [3.63, 3.8) is 0 Å². The number of benzene rings is 2. The molecular formula is C19H23ClN2O. The Labute approximate surface area is 143 Å². The molecular weight excluding hydrogens is 308 g/mol. The predicted octanol–water partition coefficient (Wildman–Crippen LogP) is 3.25. The summed E-state index contributed by atoms with van der Waals surface area (Å²) >= 11 is 0. The molecule has 3 rings (SSSR count). The smallest absolute Gasteiger partial charge is 0.223 e. The van der Waals surface area contributed by atoms with Gasteiger partial charge in [-0.05, 0) is 35.7 Å². The van der Waals surface area contributed by atoms with E-state index < -0.39 is 0 Å². The van der Waals surface area contributed by atoms with Gasteiger partial charge >= 0.3 is 0 Å². The molecule has 2 aromatic rings. The number of carbonyl (C=O) groups excluding carboxylic acids is 1. The van der Waals surface area contributed by atoms with Gasteiger partial charge in [-0.15, -0.1) is 12.4 Å². The molecule has 1 unspecified atom stereocenters. The molecule has 0 radical (unpaired) electrons. The van der Waals surface area contributed by atoms with E-state index >= 15 is 0 Å². The molecule has 1 amide bonds. The van der Waals surface area contributed by atoms with Crippen LogP contribution >= 0.6 is 12.4 Å². The van der Waals surface area contributed by atoms with Gasteiger partial charge in [-0.25, -0.2) is 0 Å². The van der Waals surface area contributed by atoms with Crippen molar-refractivity contribution < 1.29 is 4.79 Å². The van der Waals surface area contributed by atoms with E-state index in [1.807, 2.05) is 25.1 Å². The first kappa shape index (κ1) is 17.5. The van der Waals surface area contributed by atoms with E-state index in [9.17, 15) is 4.79 Å². The average molecular weight is 331 g/mol. The Kier molecular flexibility index (Phi) is 6.20. The Balaban J connectivity index is 0.00000192. The Bertz CT molecular complexity index is 624. The minimum absolute atomic E-state index is 0. The third-order valence-corrected chi connectivity index (χ3v) is 4.46. The summed E-state index contributed by atoms with van der Waals surface area (Å²) in [6.07, 6.45) is 0. The van der Waals surface area contributed by atoms with E-state index in [1.165, 1.54) is 11.1 Å². The van der Waals surface area contributed by atoms with Crippen molar-refractivity contribution in [2.24, 2.45) is 11.8 Å². The second-order valence-corrected chi connectivity index (χ2v) is 5.99. The van der Waals surface area contributed by atoms with E-state index in [0.29, 0.717) is 12.5 Å². The summed E-state index contributed by atoms with van der Waals surface area (Å²) in [5, 5.41) is 6.25. The molecule has 1 aliphatic heterocycles. The highest BCUT2D eigenvalue weighted by Gasteiger charge is 2.28. The molecule has 1 fully saturated rings. The van der Waals surface area contributed by atoms with Crippen molar-refractivity contribution in [1.29, 1.82) is 0 Å². The van der Waals surface area contributed by atoms with E-state index in [0.717, 1.165) is 18.7 Å². The zero-order chi connectivity index (χ0) is 15.4. The van der Waals surface area contributed by atoms with Crippen molar-refractivity contribution in [2.75, 3.05) is 13.1 Å². The zero-order valence-corrected chi connectivity index (χ0v) is 14.1. The van der Waals surface area contributed by atoms with Crippen LogP contribution in [-0.4, -0.2) is 19.0 Å². The third kappa shape index (κ3) is 4.34. The summed E-state index contributed by atoms with van der Waals surface area (Å²) in [4.78, 5) is 12.1. The quantitative estimate of drug-likeness (QED) is 0.883. The third-order valence-electron chi connectivity index (χ3n) is 4.46. The topological polar surface area (TPSA) is 41.1 Å². The number of halogens is 1. The molecule has 1 saturated heterocycles. The monoisotopic (exact) mass is 330 g/mol. The number of rotatable bonds is 5. The van der Waals surface area contributed by atoms with E-state index in [-0.39, 0.29) is 24.2 Å². The van der Waals surface area contributed by atoms with E-state index in [4.69, 9.17) is 0 Å². The summed E-state index contributed by atoms with van der Waals surface area (Å²) < 4.78 is 0. The summed E-state index contributed by atoms with van der Waals surface area (Å²) in [7, 11) is 0. The Morgan fingerprint density at radius 1 is 1.09 bits per heavy atom. The second-order valence-electron chi connectivity index (χ2n) is 5.99. The molecule has 1 heterocycles. The van der Waals surface area contributed by atoms with E-state index in [2.05, 4.69) is 47.0 Å². The Morgan fingerprint density at radius 2 is 1.70 bits per heavy atom. The lowest BCUT2D eigenvalue weighted by molar-refractivity contribution is -0.126. The average Bonchev–Trinajstić information content (AvgIpc) is 2.52. The van der Waals surface area contributed by atoms with Gasteiger partial charge in [0.15, 0.2) is 0 Å². The standard InChI is InChI=1S/C19H22N2O.ClH/c1-14(18-12-20-13-18)19(22)21-11-15-7-9-17(10-8-15)16-5-3-2-4-6-16;/h2-10,14,18,20H,11-13H2,1H3,(H,21,22);1H. The van der Waals surface area contributed by atoms with Crippen molar-refractivity contribution in [2.45, 2.75) is 13.5 Å². The molecule has 2 N–H and O–H groups in total. The van der Waals surface area contributed by atoms with Crippen molar-refractivity contribution in [3.05, 3.63) is 60.2 Å². The molecule has 3 nitrogen and oxygen atoms in total. The van der Waals surface area contributed by atoms with Crippen LogP contribution in [0.5, 0.6) is 0 Å². The van der Waals surface area contributed by atoms with E-state index in [1.54, 1.807) is 0 Å². The molecule has 2 aromatic carbocycles. The summed E-state index contributed by atoms with van der Waals surface area (Å²) in [6.45, 7) is 4.53. The van der Waals surface area contributed by atoms with Crippen LogP contribution in [0, 0.1) is 11.8 Å². The minimum Gasteiger partial charge on any atom is -0.352 e. The number of nitrogens with one attached hydrogen (secondary N) is 2. The zero-order valence-electron chi connectivity index (χ0n) is 13.3. The summed E-state index contributed by atoms with van der Waals surface area (Å²) in [5.41, 5.74) is 3.54. The Morgan fingerprint density at radius 3 is 2.26 bits per heavy atom. The van der Waals surface area contributed by atoms with Crippen LogP contribution in [0.3, 0.4) is 0 Å². The fourth-order valence-electron chi connectivity index (χ4n) is 2.67. The van der Waals surface area contributed by atoms with Gasteiger partial charge in [-0.1, -0.05) is 61.5 Å². The van der Waals surface area contributed by atoms with Crippen molar-refractivity contribution in [1.82, 2.24) is 10.6 Å². The van der Waals surface area contributed by atoms with Crippen LogP contribution in [0.2, 0.25) is 0 Å². The van der Waals surface area contributed by atoms with Crippen LogP contribution in [0.15, 0.2) is 54.6 Å². The highest BCUT2D eigenvalue weighted by Crippen LogP contribution is 2.19. The lowest BCUT2D eigenvalue weighted by atomic mass is 9.88. The first-order valence-corrected chi connectivity index (χ1v) is 7.87. The molecule has 0 bridgehead atoms. The van der Waals surface area contributed by atoms with Gasteiger partial charge in [-0.2, -0.15) is 0 Å². The van der Waals surface area contributed by atoms with Gasteiger partial charge < -0.3 is 10.6 Å². The Hall–Kier alpha value is -1.84.